The van der Waals surface area contributed by atoms with Gasteiger partial charge in [0.2, 0.25) is 0 Å². The maximum absolute atomic E-state index is 5.74. The zero-order valence-electron chi connectivity index (χ0n) is 11.0. The molecule has 0 atom stereocenters. The number of fused-ring (bicyclic) bond motifs is 1. The molecule has 3 rings (SSSR count). The minimum atomic E-state index is 0.536. The maximum Gasteiger partial charge on any atom is 0.187 e. The largest absolute Gasteiger partial charge is 0.493 e. The van der Waals surface area contributed by atoms with Crippen molar-refractivity contribution in [2.45, 2.75) is 31.7 Å². The van der Waals surface area contributed by atoms with Crippen LogP contribution in [0.4, 0.5) is 0 Å². The van der Waals surface area contributed by atoms with Gasteiger partial charge < -0.3 is 10.1 Å². The molecule has 0 spiro atoms. The molecule has 106 valence electrons. The van der Waals surface area contributed by atoms with Gasteiger partial charge in [0.05, 0.1) is 12.3 Å². The van der Waals surface area contributed by atoms with E-state index in [2.05, 4.69) is 31.8 Å². The van der Waals surface area contributed by atoms with Crippen LogP contribution in [0.25, 0.3) is 0 Å². The molecule has 1 heterocycles. The highest BCUT2D eigenvalue weighted by molar-refractivity contribution is 9.10. The Hall–Kier alpha value is -1.14. The molecule has 0 radical (unpaired) electrons. The molecule has 0 amide bonds. The van der Waals surface area contributed by atoms with E-state index in [1.54, 1.807) is 0 Å². The number of thiocarbonyl (C=S) groups is 1. The van der Waals surface area contributed by atoms with E-state index in [4.69, 9.17) is 17.0 Å². The van der Waals surface area contributed by atoms with E-state index in [-0.39, 0.29) is 0 Å². The minimum absolute atomic E-state index is 0.536. The Morgan fingerprint density at radius 2 is 2.25 bits per heavy atom. The molecule has 6 heteroatoms. The molecule has 1 aromatic carbocycles. The molecular formula is C14H16BrN3OS. The number of nitrogens with one attached hydrogen (secondary N) is 2. The van der Waals surface area contributed by atoms with Crippen molar-refractivity contribution in [1.29, 1.82) is 0 Å². The summed E-state index contributed by atoms with van der Waals surface area (Å²) in [6.45, 7) is 0.721. The highest BCUT2D eigenvalue weighted by Gasteiger charge is 2.22. The number of rotatable bonds is 2. The lowest BCUT2D eigenvalue weighted by atomic mass is 10.1. The van der Waals surface area contributed by atoms with E-state index < -0.39 is 0 Å². The minimum Gasteiger partial charge on any atom is -0.493 e. The first kappa shape index (κ1) is 13.8. The number of halogens is 1. The van der Waals surface area contributed by atoms with E-state index in [1.807, 2.05) is 18.2 Å². The predicted molar refractivity (Wildman–Crippen MR) is 87.3 cm³/mol. The van der Waals surface area contributed by atoms with E-state index in [0.717, 1.165) is 40.9 Å². The van der Waals surface area contributed by atoms with Gasteiger partial charge in [-0.3, -0.25) is 5.43 Å². The van der Waals surface area contributed by atoms with Gasteiger partial charge >= 0.3 is 0 Å². The van der Waals surface area contributed by atoms with Crippen molar-refractivity contribution in [2.75, 3.05) is 6.61 Å². The van der Waals surface area contributed by atoms with Gasteiger partial charge in [-0.25, -0.2) is 0 Å². The van der Waals surface area contributed by atoms with Gasteiger partial charge in [-0.15, -0.1) is 0 Å². The van der Waals surface area contributed by atoms with Gasteiger partial charge in [0.25, 0.3) is 0 Å². The monoisotopic (exact) mass is 353 g/mol. The van der Waals surface area contributed by atoms with Crippen LogP contribution in [-0.4, -0.2) is 23.5 Å². The summed E-state index contributed by atoms with van der Waals surface area (Å²) in [5, 5.41) is 8.28. The first-order valence-corrected chi connectivity index (χ1v) is 7.98. The van der Waals surface area contributed by atoms with Crippen molar-refractivity contribution in [3.8, 4) is 5.75 Å². The first-order valence-electron chi connectivity index (χ1n) is 6.78. The second-order valence-electron chi connectivity index (χ2n) is 5.01. The standard InChI is InChI=1S/C14H16BrN3OS/c15-9-3-6-13-11(8-9)12(2-1-7-19-13)17-18-14(20)16-10-4-5-10/h3,6,8,10H,1-2,4-5,7H2,(H2,16,18,20). The van der Waals surface area contributed by atoms with E-state index in [0.29, 0.717) is 11.2 Å². The fourth-order valence-electron chi connectivity index (χ4n) is 2.09. The number of hydrogen-bond donors (Lipinski definition) is 2. The number of hydrogen-bond acceptors (Lipinski definition) is 3. The van der Waals surface area contributed by atoms with Crippen molar-refractivity contribution >= 4 is 39.0 Å². The second-order valence-corrected chi connectivity index (χ2v) is 6.33. The lowest BCUT2D eigenvalue weighted by Gasteiger charge is -2.10. The SMILES string of the molecule is S=C(NN=C1CCCOc2ccc(Br)cc21)NC1CC1. The maximum atomic E-state index is 5.74. The second kappa shape index (κ2) is 6.10. The molecule has 0 saturated heterocycles. The van der Waals surface area contributed by atoms with Gasteiger partial charge in [-0.1, -0.05) is 15.9 Å². The summed E-state index contributed by atoms with van der Waals surface area (Å²) >= 11 is 8.72. The number of nitrogens with zero attached hydrogens (tertiary/aromatic N) is 1. The lowest BCUT2D eigenvalue weighted by Crippen LogP contribution is -2.34. The molecule has 20 heavy (non-hydrogen) atoms. The third kappa shape index (κ3) is 3.49. The zero-order valence-corrected chi connectivity index (χ0v) is 13.4. The van der Waals surface area contributed by atoms with E-state index in [1.165, 1.54) is 12.8 Å². The number of ether oxygens (including phenoxy) is 1. The third-order valence-corrected chi connectivity index (χ3v) is 3.98. The average molecular weight is 354 g/mol. The van der Waals surface area contributed by atoms with Gasteiger partial charge in [-0.05, 0) is 56.1 Å². The molecular weight excluding hydrogens is 338 g/mol. The van der Waals surface area contributed by atoms with Crippen LogP contribution >= 0.6 is 28.1 Å². The Morgan fingerprint density at radius 3 is 3.05 bits per heavy atom. The molecule has 1 aliphatic carbocycles. The van der Waals surface area contributed by atoms with Crippen LogP contribution in [0.1, 0.15) is 31.2 Å². The van der Waals surface area contributed by atoms with Crippen molar-refractivity contribution in [3.63, 3.8) is 0 Å². The van der Waals surface area contributed by atoms with E-state index in [9.17, 15) is 0 Å². The van der Waals surface area contributed by atoms with Crippen LogP contribution in [0.3, 0.4) is 0 Å². The Balaban J connectivity index is 1.77. The van der Waals surface area contributed by atoms with Crippen molar-refractivity contribution < 1.29 is 4.74 Å². The molecule has 2 aliphatic rings. The van der Waals surface area contributed by atoms with Gasteiger partial charge in [-0.2, -0.15) is 5.10 Å². The van der Waals surface area contributed by atoms with Gasteiger partial charge in [0, 0.05) is 16.1 Å². The lowest BCUT2D eigenvalue weighted by molar-refractivity contribution is 0.318. The normalized spacial score (nSPS) is 19.8. The van der Waals surface area contributed by atoms with Crippen molar-refractivity contribution in [2.24, 2.45) is 5.10 Å². The van der Waals surface area contributed by atoms with Crippen molar-refractivity contribution in [3.05, 3.63) is 28.2 Å². The quantitative estimate of drug-likeness (QED) is 0.633. The molecule has 2 N–H and O–H groups in total. The van der Waals surface area contributed by atoms with Crippen LogP contribution < -0.4 is 15.5 Å². The number of hydrazone groups is 1. The Bertz CT molecular complexity index is 557. The van der Waals surface area contributed by atoms with Gasteiger partial charge in [0.1, 0.15) is 5.75 Å². The third-order valence-electron chi connectivity index (χ3n) is 3.27. The number of benzene rings is 1. The molecule has 0 aromatic heterocycles. The fraction of sp³-hybridized carbons (Fsp3) is 0.429. The summed E-state index contributed by atoms with van der Waals surface area (Å²) in [5.41, 5.74) is 4.96. The summed E-state index contributed by atoms with van der Waals surface area (Å²) in [4.78, 5) is 0. The fourth-order valence-corrected chi connectivity index (χ4v) is 2.66. The first-order chi connectivity index (χ1) is 9.72. The predicted octanol–water partition coefficient (Wildman–Crippen LogP) is 2.95. The summed E-state index contributed by atoms with van der Waals surface area (Å²) < 4.78 is 6.76. The summed E-state index contributed by atoms with van der Waals surface area (Å²) in [6.07, 6.45) is 4.22. The topological polar surface area (TPSA) is 45.7 Å². The molecule has 1 aromatic rings. The summed E-state index contributed by atoms with van der Waals surface area (Å²) in [6, 6.07) is 6.53. The van der Waals surface area contributed by atoms with E-state index >= 15 is 0 Å². The van der Waals surface area contributed by atoms with Crippen molar-refractivity contribution in [1.82, 2.24) is 10.7 Å². The molecule has 1 aliphatic heterocycles. The van der Waals surface area contributed by atoms with Crippen LogP contribution in [0, 0.1) is 0 Å². The molecule has 0 bridgehead atoms. The van der Waals surface area contributed by atoms with Crippen LogP contribution in [0.15, 0.2) is 27.8 Å². The van der Waals surface area contributed by atoms with Crippen LogP contribution in [0.2, 0.25) is 0 Å². The Labute approximate surface area is 132 Å². The average Bonchev–Trinajstić information content (AvgIpc) is 3.24. The molecule has 1 fully saturated rings. The Kier molecular flexibility index (Phi) is 4.21. The zero-order chi connectivity index (χ0) is 13.9. The molecule has 4 nitrogen and oxygen atoms in total. The molecule has 0 unspecified atom stereocenters. The van der Waals surface area contributed by atoms with Crippen LogP contribution in [0.5, 0.6) is 5.75 Å². The highest BCUT2D eigenvalue weighted by atomic mass is 79.9. The molecule has 1 saturated carbocycles. The highest BCUT2D eigenvalue weighted by Crippen LogP contribution is 2.27. The summed E-state index contributed by atoms with van der Waals surface area (Å²) in [7, 11) is 0. The van der Waals surface area contributed by atoms with Gasteiger partial charge in [0.15, 0.2) is 5.11 Å². The Morgan fingerprint density at radius 1 is 1.40 bits per heavy atom. The summed E-state index contributed by atoms with van der Waals surface area (Å²) in [5.74, 6) is 0.882. The smallest absolute Gasteiger partial charge is 0.187 e. The van der Waals surface area contributed by atoms with Crippen LogP contribution in [-0.2, 0) is 0 Å².